The van der Waals surface area contributed by atoms with Gasteiger partial charge in [-0.05, 0) is 51.9 Å². The Morgan fingerprint density at radius 1 is 1.34 bits per heavy atom. The average molecular weight is 398 g/mol. The second-order valence-corrected chi connectivity index (χ2v) is 8.79. The van der Waals surface area contributed by atoms with E-state index in [2.05, 4.69) is 49.0 Å². The highest BCUT2D eigenvalue weighted by molar-refractivity contribution is 5.49. The van der Waals surface area contributed by atoms with Crippen LogP contribution in [0.2, 0.25) is 0 Å². The van der Waals surface area contributed by atoms with Gasteiger partial charge in [-0.1, -0.05) is 37.3 Å². The van der Waals surface area contributed by atoms with E-state index in [1.807, 2.05) is 26.0 Å². The zero-order valence-electron chi connectivity index (χ0n) is 18.1. The smallest absolute Gasteiger partial charge is 0.126 e. The summed E-state index contributed by atoms with van der Waals surface area (Å²) in [5.74, 6) is 7.13. The van der Waals surface area contributed by atoms with Gasteiger partial charge in [0.15, 0.2) is 0 Å². The summed E-state index contributed by atoms with van der Waals surface area (Å²) in [5, 5.41) is 21.1. The molecule has 0 amide bonds. The maximum atomic E-state index is 10.6. The minimum atomic E-state index is -0.554. The molecule has 0 saturated heterocycles. The molecule has 0 aromatic heterocycles. The Morgan fingerprint density at radius 2 is 2.14 bits per heavy atom. The maximum Gasteiger partial charge on any atom is 0.126 e. The standard InChI is InChI=1S/C25H35NO3/c1-5-6-9-17(2)21(27)14-13-19-22(28)16-23-24(19)20-12-7-10-18(25(20)29-23)11-8-15-26(3)4/h7,10,12-14,17,19,21-24,27-28H,8-9,11,15-16H2,1-4H3/b14-13+/t17-,19-,21+,22+,23-,24-/m0/s1. The van der Waals surface area contributed by atoms with Crippen molar-refractivity contribution in [2.45, 2.75) is 63.8 Å². The molecule has 0 bridgehead atoms. The predicted octanol–water partition coefficient (Wildman–Crippen LogP) is 3.37. The first-order chi connectivity index (χ1) is 13.9. The quantitative estimate of drug-likeness (QED) is 0.522. The number of ether oxygens (including phenoxy) is 1. The van der Waals surface area contributed by atoms with Crippen molar-refractivity contribution < 1.29 is 14.9 Å². The number of hydrogen-bond acceptors (Lipinski definition) is 4. The van der Waals surface area contributed by atoms with Crippen LogP contribution in [-0.2, 0) is 6.42 Å². The summed E-state index contributed by atoms with van der Waals surface area (Å²) in [6.07, 6.45) is 6.28. The molecule has 1 heterocycles. The van der Waals surface area contributed by atoms with E-state index < -0.39 is 12.2 Å². The van der Waals surface area contributed by atoms with Gasteiger partial charge in [-0.15, -0.1) is 11.8 Å². The molecule has 2 N–H and O–H groups in total. The number of fused-ring (bicyclic) bond motifs is 3. The number of nitrogens with zero attached hydrogens (tertiary/aromatic N) is 1. The van der Waals surface area contributed by atoms with Crippen LogP contribution in [0, 0.1) is 23.7 Å². The molecule has 1 aromatic rings. The van der Waals surface area contributed by atoms with Gasteiger partial charge in [0.05, 0.1) is 12.2 Å². The van der Waals surface area contributed by atoms with Gasteiger partial charge in [0.2, 0.25) is 0 Å². The molecule has 4 heteroatoms. The van der Waals surface area contributed by atoms with Crippen LogP contribution in [0.1, 0.15) is 50.2 Å². The van der Waals surface area contributed by atoms with Crippen LogP contribution >= 0.6 is 0 Å². The van der Waals surface area contributed by atoms with E-state index in [1.165, 1.54) is 11.1 Å². The summed E-state index contributed by atoms with van der Waals surface area (Å²) >= 11 is 0. The third kappa shape index (κ3) is 5.04. The Bertz CT molecular complexity index is 776. The van der Waals surface area contributed by atoms with E-state index in [4.69, 9.17) is 4.74 Å². The number of hydrogen-bond donors (Lipinski definition) is 2. The second-order valence-electron chi connectivity index (χ2n) is 8.79. The molecule has 1 aliphatic heterocycles. The summed E-state index contributed by atoms with van der Waals surface area (Å²) in [6, 6.07) is 6.42. The molecule has 4 nitrogen and oxygen atoms in total. The van der Waals surface area contributed by atoms with Gasteiger partial charge in [0, 0.05) is 30.2 Å². The van der Waals surface area contributed by atoms with Crippen LogP contribution in [0.15, 0.2) is 30.4 Å². The Hall–Kier alpha value is -1.80. The monoisotopic (exact) mass is 397 g/mol. The summed E-state index contributed by atoms with van der Waals surface area (Å²) < 4.78 is 6.34. The van der Waals surface area contributed by atoms with E-state index in [9.17, 15) is 10.2 Å². The van der Waals surface area contributed by atoms with Crippen LogP contribution in [-0.4, -0.2) is 54.1 Å². The first kappa shape index (κ1) is 21.9. The summed E-state index contributed by atoms with van der Waals surface area (Å²) in [5.41, 5.74) is 2.48. The van der Waals surface area contributed by atoms with Crippen LogP contribution < -0.4 is 4.74 Å². The highest BCUT2D eigenvalue weighted by Gasteiger charge is 2.48. The van der Waals surface area contributed by atoms with E-state index in [1.54, 1.807) is 0 Å². The van der Waals surface area contributed by atoms with Gasteiger partial charge < -0.3 is 19.8 Å². The number of rotatable bonds is 8. The number of aliphatic hydroxyl groups excluding tert-OH is 2. The van der Waals surface area contributed by atoms with Gasteiger partial charge in [-0.2, -0.15) is 0 Å². The van der Waals surface area contributed by atoms with Crippen molar-refractivity contribution in [3.05, 3.63) is 41.5 Å². The lowest BCUT2D eigenvalue weighted by Gasteiger charge is -2.19. The third-order valence-electron chi connectivity index (χ3n) is 6.25. The van der Waals surface area contributed by atoms with Crippen molar-refractivity contribution in [1.82, 2.24) is 4.90 Å². The van der Waals surface area contributed by atoms with Crippen LogP contribution in [0.3, 0.4) is 0 Å². The highest BCUT2D eigenvalue weighted by atomic mass is 16.5. The summed E-state index contributed by atoms with van der Waals surface area (Å²) in [7, 11) is 4.19. The van der Waals surface area contributed by atoms with Crippen molar-refractivity contribution in [2.24, 2.45) is 11.8 Å². The summed E-state index contributed by atoms with van der Waals surface area (Å²) in [6.45, 7) is 4.87. The number of aryl methyl sites for hydroxylation is 1. The van der Waals surface area contributed by atoms with E-state index in [0.29, 0.717) is 12.8 Å². The molecule has 0 unspecified atom stereocenters. The van der Waals surface area contributed by atoms with Crippen LogP contribution in [0.5, 0.6) is 5.75 Å². The highest BCUT2D eigenvalue weighted by Crippen LogP contribution is 2.52. The number of benzene rings is 1. The summed E-state index contributed by atoms with van der Waals surface area (Å²) in [4.78, 5) is 2.20. The van der Waals surface area contributed by atoms with Gasteiger partial charge >= 0.3 is 0 Å². The SMILES string of the molecule is CC#CC[C@H](C)[C@H](O)/C=C/[C@@H]1[C@H]2c3cccc(CCCN(C)C)c3O[C@H]2C[C@H]1O. The van der Waals surface area contributed by atoms with E-state index in [0.717, 1.165) is 25.1 Å². The molecule has 6 atom stereocenters. The first-order valence-corrected chi connectivity index (χ1v) is 10.8. The van der Waals surface area contributed by atoms with Gasteiger partial charge in [0.25, 0.3) is 0 Å². The molecule has 3 rings (SSSR count). The fourth-order valence-corrected chi connectivity index (χ4v) is 4.57. The largest absolute Gasteiger partial charge is 0.489 e. The predicted molar refractivity (Wildman–Crippen MR) is 117 cm³/mol. The van der Waals surface area contributed by atoms with Gasteiger partial charge in [-0.3, -0.25) is 0 Å². The zero-order chi connectivity index (χ0) is 21.0. The molecule has 2 aliphatic rings. The third-order valence-corrected chi connectivity index (χ3v) is 6.25. The normalized spacial score (nSPS) is 27.3. The van der Waals surface area contributed by atoms with Crippen molar-refractivity contribution in [3.63, 3.8) is 0 Å². The topological polar surface area (TPSA) is 52.9 Å². The van der Waals surface area contributed by atoms with Crippen LogP contribution in [0.25, 0.3) is 0 Å². The Kier molecular flexibility index (Phi) is 7.40. The number of para-hydroxylation sites is 1. The number of aliphatic hydroxyl groups is 2. The van der Waals surface area contributed by atoms with Crippen molar-refractivity contribution in [2.75, 3.05) is 20.6 Å². The van der Waals surface area contributed by atoms with Crippen LogP contribution in [0.4, 0.5) is 0 Å². The lowest BCUT2D eigenvalue weighted by Crippen LogP contribution is -2.19. The average Bonchev–Trinajstić information content (AvgIpc) is 3.19. The molecule has 1 fully saturated rings. The Morgan fingerprint density at radius 3 is 2.86 bits per heavy atom. The van der Waals surface area contributed by atoms with Gasteiger partial charge in [0.1, 0.15) is 11.9 Å². The van der Waals surface area contributed by atoms with E-state index in [-0.39, 0.29) is 23.9 Å². The van der Waals surface area contributed by atoms with Crippen molar-refractivity contribution in [1.29, 1.82) is 0 Å². The fourth-order valence-electron chi connectivity index (χ4n) is 4.57. The molecule has 1 aliphatic carbocycles. The first-order valence-electron chi connectivity index (χ1n) is 10.8. The lowest BCUT2D eigenvalue weighted by molar-refractivity contribution is 0.134. The van der Waals surface area contributed by atoms with Crippen molar-refractivity contribution in [3.8, 4) is 17.6 Å². The van der Waals surface area contributed by atoms with Crippen molar-refractivity contribution >= 4 is 0 Å². The molecule has 158 valence electrons. The molecule has 0 spiro atoms. The Balaban J connectivity index is 1.74. The molecule has 1 aromatic carbocycles. The fraction of sp³-hybridized carbons (Fsp3) is 0.600. The second kappa shape index (κ2) is 9.80. The van der Waals surface area contributed by atoms with Gasteiger partial charge in [-0.25, -0.2) is 0 Å². The Labute approximate surface area is 175 Å². The molecular formula is C25H35NO3. The molecule has 1 saturated carbocycles. The minimum absolute atomic E-state index is 0.0187. The minimum Gasteiger partial charge on any atom is -0.489 e. The van der Waals surface area contributed by atoms with E-state index >= 15 is 0 Å². The molecule has 29 heavy (non-hydrogen) atoms. The maximum absolute atomic E-state index is 10.6. The zero-order valence-corrected chi connectivity index (χ0v) is 18.1. The lowest BCUT2D eigenvalue weighted by atomic mass is 9.86. The molecular weight excluding hydrogens is 362 g/mol. The molecule has 0 radical (unpaired) electrons.